The van der Waals surface area contributed by atoms with Crippen LogP contribution in [-0.2, 0) is 0 Å². The van der Waals surface area contributed by atoms with Crippen molar-refractivity contribution in [3.05, 3.63) is 59.1 Å². The van der Waals surface area contributed by atoms with Crippen molar-refractivity contribution in [2.45, 2.75) is 6.92 Å². The van der Waals surface area contributed by atoms with Crippen molar-refractivity contribution in [1.82, 2.24) is 9.38 Å². The molecule has 0 aliphatic rings. The third kappa shape index (κ3) is 2.40. The molecule has 0 amide bonds. The van der Waals surface area contributed by atoms with Crippen LogP contribution in [0.2, 0.25) is 5.02 Å². The highest BCUT2D eigenvalue weighted by Gasteiger charge is 2.08. The van der Waals surface area contributed by atoms with Crippen LogP contribution in [0.1, 0.15) is 5.69 Å². The molecule has 100 valence electrons. The summed E-state index contributed by atoms with van der Waals surface area (Å²) in [5.74, 6) is 0.160. The molecule has 3 aromatic rings. The van der Waals surface area contributed by atoms with Crippen LogP contribution in [0.5, 0.6) is 0 Å². The van der Waals surface area contributed by atoms with Crippen molar-refractivity contribution >= 4 is 28.8 Å². The maximum Gasteiger partial charge on any atom is 0.182 e. The zero-order valence-corrected chi connectivity index (χ0v) is 11.3. The quantitative estimate of drug-likeness (QED) is 0.621. The molecule has 0 aliphatic heterocycles. The lowest BCUT2D eigenvalue weighted by molar-refractivity contribution is 0.619. The van der Waals surface area contributed by atoms with E-state index < -0.39 is 0 Å². The van der Waals surface area contributed by atoms with Gasteiger partial charge in [-0.25, -0.2) is 9.37 Å². The van der Waals surface area contributed by atoms with Crippen molar-refractivity contribution < 1.29 is 4.39 Å². The van der Waals surface area contributed by atoms with Gasteiger partial charge in [0, 0.05) is 11.2 Å². The van der Waals surface area contributed by atoms with Crippen LogP contribution in [0.4, 0.5) is 15.9 Å². The van der Waals surface area contributed by atoms with Crippen LogP contribution in [0.15, 0.2) is 52.8 Å². The number of hydrogen-bond donors (Lipinski definition) is 0. The van der Waals surface area contributed by atoms with E-state index in [0.29, 0.717) is 27.9 Å². The third-order valence-corrected chi connectivity index (χ3v) is 3.06. The fourth-order valence-electron chi connectivity index (χ4n) is 1.86. The van der Waals surface area contributed by atoms with Gasteiger partial charge in [-0.05, 0) is 43.3 Å². The van der Waals surface area contributed by atoms with E-state index in [1.807, 2.05) is 0 Å². The highest BCUT2D eigenvalue weighted by atomic mass is 35.5. The standard InChI is InChI=1S/C14H10ClFN4/c1-9-14(19-18-12-5-2-10(15)3-6-12)20-8-11(16)4-7-13(20)17-9/h2-8H,1H3. The van der Waals surface area contributed by atoms with Gasteiger partial charge in [-0.1, -0.05) is 11.6 Å². The highest BCUT2D eigenvalue weighted by Crippen LogP contribution is 2.24. The molecule has 0 atom stereocenters. The van der Waals surface area contributed by atoms with Crippen LogP contribution in [0.3, 0.4) is 0 Å². The Kier molecular flexibility index (Phi) is 3.20. The summed E-state index contributed by atoms with van der Waals surface area (Å²) in [6, 6.07) is 9.94. The molecular formula is C14H10ClFN4. The summed E-state index contributed by atoms with van der Waals surface area (Å²) in [5.41, 5.74) is 1.99. The number of fused-ring (bicyclic) bond motifs is 1. The van der Waals surface area contributed by atoms with E-state index in [4.69, 9.17) is 11.6 Å². The first-order valence-electron chi connectivity index (χ1n) is 5.95. The number of benzene rings is 1. The molecule has 0 saturated heterocycles. The Morgan fingerprint density at radius 1 is 1.10 bits per heavy atom. The molecule has 4 nitrogen and oxygen atoms in total. The summed E-state index contributed by atoms with van der Waals surface area (Å²) < 4.78 is 14.9. The molecule has 0 saturated carbocycles. The Labute approximate surface area is 119 Å². The Bertz CT molecular complexity index is 793. The summed E-state index contributed by atoms with van der Waals surface area (Å²) in [6.45, 7) is 1.81. The zero-order valence-electron chi connectivity index (χ0n) is 10.6. The minimum Gasteiger partial charge on any atom is -0.280 e. The molecule has 6 heteroatoms. The van der Waals surface area contributed by atoms with Crippen molar-refractivity contribution in [2.24, 2.45) is 10.2 Å². The molecule has 2 aromatic heterocycles. The van der Waals surface area contributed by atoms with Gasteiger partial charge in [0.05, 0.1) is 11.4 Å². The highest BCUT2D eigenvalue weighted by molar-refractivity contribution is 6.30. The Morgan fingerprint density at radius 2 is 1.85 bits per heavy atom. The van der Waals surface area contributed by atoms with E-state index in [2.05, 4.69) is 15.2 Å². The molecule has 3 rings (SSSR count). The molecule has 0 N–H and O–H groups in total. The maximum atomic E-state index is 13.3. The summed E-state index contributed by atoms with van der Waals surface area (Å²) in [7, 11) is 0. The average molecular weight is 289 g/mol. The number of aryl methyl sites for hydroxylation is 1. The lowest BCUT2D eigenvalue weighted by atomic mass is 10.3. The second-order valence-corrected chi connectivity index (χ2v) is 4.71. The van der Waals surface area contributed by atoms with Crippen molar-refractivity contribution in [2.75, 3.05) is 0 Å². The van der Waals surface area contributed by atoms with Gasteiger partial charge in [0.1, 0.15) is 11.5 Å². The Morgan fingerprint density at radius 3 is 2.60 bits per heavy atom. The van der Waals surface area contributed by atoms with Crippen molar-refractivity contribution in [3.63, 3.8) is 0 Å². The topological polar surface area (TPSA) is 42.0 Å². The Hall–Kier alpha value is -2.27. The fourth-order valence-corrected chi connectivity index (χ4v) is 1.98. The van der Waals surface area contributed by atoms with Crippen molar-refractivity contribution in [3.8, 4) is 0 Å². The molecular weight excluding hydrogens is 279 g/mol. The molecule has 1 aromatic carbocycles. The summed E-state index contributed by atoms with van der Waals surface area (Å²) >= 11 is 5.80. The number of rotatable bonds is 2. The maximum absolute atomic E-state index is 13.3. The SMILES string of the molecule is Cc1nc2ccc(F)cn2c1N=Nc1ccc(Cl)cc1. The first-order chi connectivity index (χ1) is 9.63. The zero-order chi connectivity index (χ0) is 14.1. The van der Waals surface area contributed by atoms with Crippen molar-refractivity contribution in [1.29, 1.82) is 0 Å². The molecule has 0 spiro atoms. The van der Waals surface area contributed by atoms with Gasteiger partial charge >= 0.3 is 0 Å². The second kappa shape index (κ2) is 5.02. The first-order valence-corrected chi connectivity index (χ1v) is 6.33. The van der Waals surface area contributed by atoms with Crippen LogP contribution >= 0.6 is 11.6 Å². The van der Waals surface area contributed by atoms with Gasteiger partial charge in [0.15, 0.2) is 5.82 Å². The summed E-state index contributed by atoms with van der Waals surface area (Å²) in [4.78, 5) is 4.30. The summed E-state index contributed by atoms with van der Waals surface area (Å²) in [5, 5.41) is 8.90. The monoisotopic (exact) mass is 288 g/mol. The molecule has 2 heterocycles. The van der Waals surface area contributed by atoms with Gasteiger partial charge in [0.2, 0.25) is 0 Å². The average Bonchev–Trinajstić information content (AvgIpc) is 2.73. The second-order valence-electron chi connectivity index (χ2n) is 4.27. The van der Waals surface area contributed by atoms with Crippen LogP contribution in [0, 0.1) is 12.7 Å². The lowest BCUT2D eigenvalue weighted by Gasteiger charge is -1.97. The molecule has 0 radical (unpaired) electrons. The Balaban J connectivity index is 2.03. The predicted octanol–water partition coefficient (Wildman–Crippen LogP) is 4.85. The molecule has 0 bridgehead atoms. The first kappa shape index (κ1) is 12.7. The number of pyridine rings is 1. The predicted molar refractivity (Wildman–Crippen MR) is 75.5 cm³/mol. The van der Waals surface area contributed by atoms with E-state index in [-0.39, 0.29) is 5.82 Å². The fraction of sp³-hybridized carbons (Fsp3) is 0.0714. The van der Waals surface area contributed by atoms with Gasteiger partial charge in [-0.2, -0.15) is 0 Å². The number of azo groups is 1. The normalized spacial score (nSPS) is 11.6. The third-order valence-electron chi connectivity index (χ3n) is 2.81. The van der Waals surface area contributed by atoms with E-state index >= 15 is 0 Å². The van der Waals surface area contributed by atoms with Gasteiger partial charge in [-0.3, -0.25) is 4.40 Å². The number of imidazole rings is 1. The molecule has 0 aliphatic carbocycles. The smallest absolute Gasteiger partial charge is 0.182 e. The largest absolute Gasteiger partial charge is 0.280 e. The van der Waals surface area contributed by atoms with Gasteiger partial charge in [-0.15, -0.1) is 10.2 Å². The van der Waals surface area contributed by atoms with Gasteiger partial charge in [0.25, 0.3) is 0 Å². The number of aromatic nitrogens is 2. The van der Waals surface area contributed by atoms with Crippen LogP contribution in [-0.4, -0.2) is 9.38 Å². The minimum absolute atomic E-state index is 0.349. The van der Waals surface area contributed by atoms with E-state index in [1.54, 1.807) is 41.7 Å². The number of nitrogens with zero attached hydrogens (tertiary/aromatic N) is 4. The summed E-state index contributed by atoms with van der Waals surface area (Å²) in [6.07, 6.45) is 1.34. The lowest BCUT2D eigenvalue weighted by Crippen LogP contribution is -1.85. The van der Waals surface area contributed by atoms with Crippen LogP contribution in [0.25, 0.3) is 5.65 Å². The number of halogens is 2. The molecule has 0 unspecified atom stereocenters. The molecule has 20 heavy (non-hydrogen) atoms. The van der Waals surface area contributed by atoms with E-state index in [1.165, 1.54) is 12.3 Å². The number of hydrogen-bond acceptors (Lipinski definition) is 3. The van der Waals surface area contributed by atoms with E-state index in [9.17, 15) is 4.39 Å². The minimum atomic E-state index is -0.349. The van der Waals surface area contributed by atoms with Gasteiger partial charge < -0.3 is 0 Å². The van der Waals surface area contributed by atoms with Crippen LogP contribution < -0.4 is 0 Å². The molecule has 0 fully saturated rings. The van der Waals surface area contributed by atoms with E-state index in [0.717, 1.165) is 0 Å².